The summed E-state index contributed by atoms with van der Waals surface area (Å²) in [5.41, 5.74) is 0.869. The van der Waals surface area contributed by atoms with E-state index < -0.39 is 5.97 Å². The van der Waals surface area contributed by atoms with Crippen molar-refractivity contribution in [2.24, 2.45) is 0 Å². The molecule has 0 unspecified atom stereocenters. The van der Waals surface area contributed by atoms with Crippen LogP contribution in [0.15, 0.2) is 30.5 Å². The van der Waals surface area contributed by atoms with Crippen LogP contribution in [0.5, 0.6) is 0 Å². The van der Waals surface area contributed by atoms with Gasteiger partial charge in [-0.2, -0.15) is 0 Å². The third-order valence-corrected chi connectivity index (χ3v) is 2.92. The predicted molar refractivity (Wildman–Crippen MR) is 74.3 cm³/mol. The number of carbonyl (C=O) groups is 1. The molecule has 100 valence electrons. The van der Waals surface area contributed by atoms with Crippen molar-refractivity contribution in [1.29, 1.82) is 0 Å². The lowest BCUT2D eigenvalue weighted by molar-refractivity contribution is -0.136. The second-order valence-corrected chi connectivity index (χ2v) is 4.66. The fourth-order valence-corrected chi connectivity index (χ4v) is 1.91. The van der Waals surface area contributed by atoms with Crippen molar-refractivity contribution in [3.63, 3.8) is 0 Å². The molecule has 0 aliphatic carbocycles. The minimum absolute atomic E-state index is 0.0777. The molecule has 1 N–H and O–H groups in total. The number of anilines is 1. The standard InChI is InChI=1S/C14H17N3O2/c1-10(2)17(8-7-13(18)19)14-15-9-11-5-3-4-6-12(11)16-14/h3-6,9-10H,7-8H2,1-2H3,(H,18,19). The molecule has 0 aliphatic rings. The van der Waals surface area contributed by atoms with Gasteiger partial charge in [0.1, 0.15) is 0 Å². The lowest BCUT2D eigenvalue weighted by Gasteiger charge is -2.26. The Morgan fingerprint density at radius 3 is 2.79 bits per heavy atom. The molecule has 0 atom stereocenters. The van der Waals surface area contributed by atoms with E-state index in [4.69, 9.17) is 5.11 Å². The maximum absolute atomic E-state index is 10.7. The Morgan fingerprint density at radius 1 is 1.37 bits per heavy atom. The molecule has 0 aliphatic heterocycles. The van der Waals surface area contributed by atoms with Crippen LogP contribution in [0, 0.1) is 0 Å². The Kier molecular flexibility index (Phi) is 3.94. The highest BCUT2D eigenvalue weighted by atomic mass is 16.4. The van der Waals surface area contributed by atoms with E-state index in [1.165, 1.54) is 0 Å². The normalized spacial score (nSPS) is 10.9. The minimum Gasteiger partial charge on any atom is -0.481 e. The highest BCUT2D eigenvalue weighted by Gasteiger charge is 2.15. The zero-order valence-corrected chi connectivity index (χ0v) is 11.1. The Balaban J connectivity index is 2.30. The Hall–Kier alpha value is -2.17. The van der Waals surface area contributed by atoms with E-state index in [9.17, 15) is 4.79 Å². The molecule has 2 aromatic rings. The van der Waals surface area contributed by atoms with Crippen LogP contribution in [0.25, 0.3) is 10.9 Å². The highest BCUT2D eigenvalue weighted by Crippen LogP contribution is 2.16. The monoisotopic (exact) mass is 259 g/mol. The van der Waals surface area contributed by atoms with Crippen molar-refractivity contribution in [2.75, 3.05) is 11.4 Å². The van der Waals surface area contributed by atoms with Crippen LogP contribution in [0.3, 0.4) is 0 Å². The van der Waals surface area contributed by atoms with Gasteiger partial charge in [-0.05, 0) is 19.9 Å². The number of carboxylic acids is 1. The number of hydrogen-bond acceptors (Lipinski definition) is 4. The van der Waals surface area contributed by atoms with Crippen LogP contribution in [-0.2, 0) is 4.79 Å². The van der Waals surface area contributed by atoms with Gasteiger partial charge >= 0.3 is 5.97 Å². The summed E-state index contributed by atoms with van der Waals surface area (Å²) in [5.74, 6) is -0.235. The largest absolute Gasteiger partial charge is 0.481 e. The van der Waals surface area contributed by atoms with Crippen molar-refractivity contribution >= 4 is 22.8 Å². The van der Waals surface area contributed by atoms with Gasteiger partial charge in [0.15, 0.2) is 0 Å². The zero-order valence-electron chi connectivity index (χ0n) is 11.1. The second-order valence-electron chi connectivity index (χ2n) is 4.66. The number of aliphatic carboxylic acids is 1. The van der Waals surface area contributed by atoms with Crippen LogP contribution in [0.4, 0.5) is 5.95 Å². The van der Waals surface area contributed by atoms with E-state index >= 15 is 0 Å². The summed E-state index contributed by atoms with van der Waals surface area (Å²) in [7, 11) is 0. The molecule has 2 rings (SSSR count). The Labute approximate surface area is 111 Å². The molecule has 5 nitrogen and oxygen atoms in total. The van der Waals surface area contributed by atoms with E-state index in [1.54, 1.807) is 6.20 Å². The average Bonchev–Trinajstić information content (AvgIpc) is 2.38. The highest BCUT2D eigenvalue weighted by molar-refractivity contribution is 5.78. The first kappa shape index (κ1) is 13.3. The summed E-state index contributed by atoms with van der Waals surface area (Å²) in [6, 6.07) is 7.90. The fraction of sp³-hybridized carbons (Fsp3) is 0.357. The van der Waals surface area contributed by atoms with E-state index in [-0.39, 0.29) is 12.5 Å². The topological polar surface area (TPSA) is 66.3 Å². The first-order valence-electron chi connectivity index (χ1n) is 6.28. The summed E-state index contributed by atoms with van der Waals surface area (Å²) in [5, 5.41) is 9.78. The molecule has 0 amide bonds. The molecule has 0 spiro atoms. The predicted octanol–water partition coefficient (Wildman–Crippen LogP) is 2.32. The Morgan fingerprint density at radius 2 is 2.11 bits per heavy atom. The molecule has 0 saturated carbocycles. The molecule has 1 aromatic heterocycles. The minimum atomic E-state index is -0.813. The molecule has 5 heteroatoms. The van der Waals surface area contributed by atoms with Crippen molar-refractivity contribution in [2.45, 2.75) is 26.3 Å². The van der Waals surface area contributed by atoms with Gasteiger partial charge < -0.3 is 10.0 Å². The van der Waals surface area contributed by atoms with Gasteiger partial charge in [0, 0.05) is 24.2 Å². The van der Waals surface area contributed by atoms with Gasteiger partial charge in [-0.3, -0.25) is 4.79 Å². The zero-order chi connectivity index (χ0) is 13.8. The quantitative estimate of drug-likeness (QED) is 0.892. The van der Waals surface area contributed by atoms with Gasteiger partial charge in [-0.25, -0.2) is 9.97 Å². The van der Waals surface area contributed by atoms with E-state index in [0.29, 0.717) is 12.5 Å². The average molecular weight is 259 g/mol. The molecule has 0 radical (unpaired) electrons. The van der Waals surface area contributed by atoms with Crippen molar-refractivity contribution in [3.05, 3.63) is 30.5 Å². The number of aromatic nitrogens is 2. The number of hydrogen-bond donors (Lipinski definition) is 1. The second kappa shape index (κ2) is 5.65. The van der Waals surface area contributed by atoms with Crippen LogP contribution in [0.1, 0.15) is 20.3 Å². The van der Waals surface area contributed by atoms with Crippen LogP contribution in [-0.4, -0.2) is 33.6 Å². The summed E-state index contributed by atoms with van der Waals surface area (Å²) >= 11 is 0. The first-order chi connectivity index (χ1) is 9.08. The van der Waals surface area contributed by atoms with Gasteiger partial charge in [0.2, 0.25) is 5.95 Å². The molecule has 1 heterocycles. The third kappa shape index (κ3) is 3.19. The molecule has 19 heavy (non-hydrogen) atoms. The smallest absolute Gasteiger partial charge is 0.305 e. The van der Waals surface area contributed by atoms with Crippen molar-refractivity contribution < 1.29 is 9.90 Å². The van der Waals surface area contributed by atoms with E-state index in [2.05, 4.69) is 9.97 Å². The molecule has 0 saturated heterocycles. The molecule has 0 bridgehead atoms. The maximum Gasteiger partial charge on any atom is 0.305 e. The Bertz CT molecular complexity index is 584. The van der Waals surface area contributed by atoms with Crippen LogP contribution >= 0.6 is 0 Å². The fourth-order valence-electron chi connectivity index (χ4n) is 1.91. The van der Waals surface area contributed by atoms with Gasteiger partial charge in [-0.1, -0.05) is 18.2 Å². The summed E-state index contributed by atoms with van der Waals surface area (Å²) in [6.07, 6.45) is 1.85. The molecule has 0 fully saturated rings. The summed E-state index contributed by atoms with van der Waals surface area (Å²) in [4.78, 5) is 21.4. The summed E-state index contributed by atoms with van der Waals surface area (Å²) in [6.45, 7) is 4.41. The molecular weight excluding hydrogens is 242 g/mol. The third-order valence-electron chi connectivity index (χ3n) is 2.92. The SMILES string of the molecule is CC(C)N(CCC(=O)O)c1ncc2ccccc2n1. The number of para-hydroxylation sites is 1. The van der Waals surface area contributed by atoms with Gasteiger partial charge in [-0.15, -0.1) is 0 Å². The molecular formula is C14H17N3O2. The van der Waals surface area contributed by atoms with Crippen molar-refractivity contribution in [1.82, 2.24) is 9.97 Å². The van der Waals surface area contributed by atoms with Crippen LogP contribution < -0.4 is 4.90 Å². The molecule has 1 aromatic carbocycles. The van der Waals surface area contributed by atoms with Gasteiger partial charge in [0.05, 0.1) is 11.9 Å². The lowest BCUT2D eigenvalue weighted by Crippen LogP contribution is -2.34. The first-order valence-corrected chi connectivity index (χ1v) is 6.28. The van der Waals surface area contributed by atoms with Gasteiger partial charge in [0.25, 0.3) is 0 Å². The number of rotatable bonds is 5. The van der Waals surface area contributed by atoms with E-state index in [1.807, 2.05) is 43.0 Å². The number of nitrogens with zero attached hydrogens (tertiary/aromatic N) is 3. The number of fused-ring (bicyclic) bond motifs is 1. The van der Waals surface area contributed by atoms with E-state index in [0.717, 1.165) is 10.9 Å². The summed E-state index contributed by atoms with van der Waals surface area (Å²) < 4.78 is 0. The maximum atomic E-state index is 10.7. The van der Waals surface area contributed by atoms with Crippen LogP contribution in [0.2, 0.25) is 0 Å². The number of carboxylic acid groups (broad SMARTS) is 1. The number of benzene rings is 1. The van der Waals surface area contributed by atoms with Crippen molar-refractivity contribution in [3.8, 4) is 0 Å². The lowest BCUT2D eigenvalue weighted by atomic mass is 10.2.